The Morgan fingerprint density at radius 1 is 1.21 bits per heavy atom. The van der Waals surface area contributed by atoms with E-state index in [0.29, 0.717) is 6.54 Å². The molecule has 0 N–H and O–H groups in total. The van der Waals surface area contributed by atoms with Gasteiger partial charge >= 0.3 is 0 Å². The van der Waals surface area contributed by atoms with E-state index in [1.54, 1.807) is 24.1 Å². The summed E-state index contributed by atoms with van der Waals surface area (Å²) in [7, 11) is 3.22. The van der Waals surface area contributed by atoms with Crippen LogP contribution in [0.15, 0.2) is 48.5 Å². The Hall–Kier alpha value is -2.36. The molecule has 0 aromatic heterocycles. The van der Waals surface area contributed by atoms with E-state index < -0.39 is 11.2 Å². The molecule has 0 radical (unpaired) electrons. The molecule has 0 unspecified atom stereocenters. The topological polar surface area (TPSA) is 29.5 Å². The lowest BCUT2D eigenvalue weighted by molar-refractivity contribution is -0.140. The number of hydrogen-bond donors (Lipinski definition) is 0. The van der Waals surface area contributed by atoms with Crippen LogP contribution in [0.25, 0.3) is 0 Å². The zero-order chi connectivity index (χ0) is 17.2. The first-order chi connectivity index (χ1) is 11.6. The molecule has 2 aromatic rings. The first-order valence-electron chi connectivity index (χ1n) is 8.20. The highest BCUT2D eigenvalue weighted by molar-refractivity contribution is 5.89. The average molecular weight is 327 g/mol. The maximum Gasteiger partial charge on any atom is 0.233 e. The molecule has 1 amide bonds. The van der Waals surface area contributed by atoms with Gasteiger partial charge in [0.05, 0.1) is 12.5 Å². The average Bonchev–Trinajstić information content (AvgIpc) is 2.55. The minimum Gasteiger partial charge on any atom is -0.494 e. The quantitative estimate of drug-likeness (QED) is 0.833. The largest absolute Gasteiger partial charge is 0.494 e. The summed E-state index contributed by atoms with van der Waals surface area (Å²) in [5.41, 5.74) is 1.42. The van der Waals surface area contributed by atoms with Gasteiger partial charge in [0.15, 0.2) is 11.6 Å². The van der Waals surface area contributed by atoms with Gasteiger partial charge in [0, 0.05) is 13.6 Å². The first kappa shape index (κ1) is 16.5. The maximum absolute atomic E-state index is 13.8. The van der Waals surface area contributed by atoms with Crippen LogP contribution < -0.4 is 4.74 Å². The Kier molecular flexibility index (Phi) is 4.56. The summed E-state index contributed by atoms with van der Waals surface area (Å²) in [4.78, 5) is 14.8. The lowest BCUT2D eigenvalue weighted by Gasteiger charge is -2.43. The highest BCUT2D eigenvalue weighted by Gasteiger charge is 2.46. The van der Waals surface area contributed by atoms with Crippen molar-refractivity contribution in [1.82, 2.24) is 4.90 Å². The number of hydrogen-bond acceptors (Lipinski definition) is 2. The van der Waals surface area contributed by atoms with Crippen molar-refractivity contribution in [3.8, 4) is 5.75 Å². The zero-order valence-corrected chi connectivity index (χ0v) is 14.1. The van der Waals surface area contributed by atoms with Gasteiger partial charge in [0.2, 0.25) is 5.91 Å². The van der Waals surface area contributed by atoms with Crippen LogP contribution in [0.2, 0.25) is 0 Å². The molecular weight excluding hydrogens is 305 g/mol. The van der Waals surface area contributed by atoms with Crippen LogP contribution in [0, 0.1) is 5.82 Å². The van der Waals surface area contributed by atoms with Crippen molar-refractivity contribution in [3.05, 3.63) is 65.5 Å². The van der Waals surface area contributed by atoms with Gasteiger partial charge in [0.1, 0.15) is 0 Å². The third kappa shape index (κ3) is 2.88. The minimum atomic E-state index is -0.416. The van der Waals surface area contributed by atoms with E-state index in [9.17, 15) is 9.18 Å². The second-order valence-corrected chi connectivity index (χ2v) is 6.43. The number of amides is 1. The smallest absolute Gasteiger partial charge is 0.233 e. The Morgan fingerprint density at radius 3 is 2.46 bits per heavy atom. The first-order valence-corrected chi connectivity index (χ1v) is 8.20. The molecule has 2 aromatic carbocycles. The van der Waals surface area contributed by atoms with E-state index in [1.165, 1.54) is 13.2 Å². The highest BCUT2D eigenvalue weighted by Crippen LogP contribution is 2.45. The molecule has 0 bridgehead atoms. The molecule has 24 heavy (non-hydrogen) atoms. The fraction of sp³-hybridized carbons (Fsp3) is 0.350. The predicted molar refractivity (Wildman–Crippen MR) is 91.4 cm³/mol. The summed E-state index contributed by atoms with van der Waals surface area (Å²) in [6.45, 7) is 0.383. The zero-order valence-electron chi connectivity index (χ0n) is 14.1. The molecule has 4 heteroatoms. The number of ether oxygens (including phenoxy) is 1. The van der Waals surface area contributed by atoms with Crippen molar-refractivity contribution in [2.75, 3.05) is 14.2 Å². The number of carbonyl (C=O) groups is 1. The normalized spacial score (nSPS) is 15.5. The summed E-state index contributed by atoms with van der Waals surface area (Å²) in [5.74, 6) is -0.0825. The van der Waals surface area contributed by atoms with Crippen LogP contribution in [0.4, 0.5) is 4.39 Å². The van der Waals surface area contributed by atoms with Crippen LogP contribution in [-0.2, 0) is 16.8 Å². The van der Waals surface area contributed by atoms with Gasteiger partial charge in [-0.1, -0.05) is 42.8 Å². The number of likely N-dealkylation sites (N-methyl/N-ethyl adjacent to an activating group) is 1. The van der Waals surface area contributed by atoms with Gasteiger partial charge in [-0.3, -0.25) is 4.79 Å². The van der Waals surface area contributed by atoms with Gasteiger partial charge < -0.3 is 9.64 Å². The Balaban J connectivity index is 1.78. The number of benzene rings is 2. The Labute approximate surface area is 142 Å². The molecule has 1 aliphatic rings. The van der Waals surface area contributed by atoms with Crippen molar-refractivity contribution in [2.45, 2.75) is 31.2 Å². The molecule has 3 rings (SSSR count). The van der Waals surface area contributed by atoms with E-state index in [-0.39, 0.29) is 11.7 Å². The van der Waals surface area contributed by atoms with Gasteiger partial charge in [-0.05, 0) is 36.1 Å². The third-order valence-corrected chi connectivity index (χ3v) is 4.93. The van der Waals surface area contributed by atoms with Crippen LogP contribution in [0.5, 0.6) is 5.75 Å². The fourth-order valence-electron chi connectivity index (χ4n) is 3.43. The molecule has 1 saturated carbocycles. The van der Waals surface area contributed by atoms with Crippen molar-refractivity contribution >= 4 is 5.91 Å². The summed E-state index contributed by atoms with van der Waals surface area (Å²) < 4.78 is 18.8. The molecule has 0 heterocycles. The maximum atomic E-state index is 13.8. The molecule has 1 fully saturated rings. The van der Waals surface area contributed by atoms with E-state index >= 15 is 0 Å². The molecule has 0 atom stereocenters. The SMILES string of the molecule is COc1ccc(CN(C)C(=O)C2(c3ccccc3)CCC2)cc1F. The lowest BCUT2D eigenvalue weighted by atomic mass is 9.63. The molecule has 0 aliphatic heterocycles. The lowest BCUT2D eigenvalue weighted by Crippen LogP contribution is -2.49. The highest BCUT2D eigenvalue weighted by atomic mass is 19.1. The molecular formula is C20H22FNO2. The monoisotopic (exact) mass is 327 g/mol. The van der Waals surface area contributed by atoms with Crippen molar-refractivity contribution in [1.29, 1.82) is 0 Å². The molecule has 0 spiro atoms. The van der Waals surface area contributed by atoms with Gasteiger partial charge in [0.25, 0.3) is 0 Å². The summed E-state index contributed by atoms with van der Waals surface area (Å²) in [5, 5.41) is 0. The molecule has 0 saturated heterocycles. The van der Waals surface area contributed by atoms with E-state index in [4.69, 9.17) is 4.74 Å². The van der Waals surface area contributed by atoms with Crippen molar-refractivity contribution < 1.29 is 13.9 Å². The number of methoxy groups -OCH3 is 1. The number of rotatable bonds is 5. The number of nitrogens with zero attached hydrogens (tertiary/aromatic N) is 1. The van der Waals surface area contributed by atoms with Crippen molar-refractivity contribution in [2.24, 2.45) is 0 Å². The molecule has 1 aliphatic carbocycles. The predicted octanol–water partition coefficient (Wildman–Crippen LogP) is 3.91. The Bertz CT molecular complexity index is 726. The fourth-order valence-corrected chi connectivity index (χ4v) is 3.43. The van der Waals surface area contributed by atoms with Crippen LogP contribution in [0.1, 0.15) is 30.4 Å². The van der Waals surface area contributed by atoms with Crippen molar-refractivity contribution in [3.63, 3.8) is 0 Å². The summed E-state index contributed by atoms with van der Waals surface area (Å²) in [6.07, 6.45) is 2.81. The second-order valence-electron chi connectivity index (χ2n) is 6.43. The van der Waals surface area contributed by atoms with Crippen LogP contribution in [0.3, 0.4) is 0 Å². The van der Waals surface area contributed by atoms with E-state index in [0.717, 1.165) is 30.4 Å². The summed E-state index contributed by atoms with van der Waals surface area (Å²) in [6, 6.07) is 14.8. The van der Waals surface area contributed by atoms with E-state index in [1.807, 2.05) is 30.3 Å². The Morgan fingerprint density at radius 2 is 1.92 bits per heavy atom. The summed E-state index contributed by atoms with van der Waals surface area (Å²) >= 11 is 0. The standard InChI is InChI=1S/C20H22FNO2/c1-22(14-15-9-10-18(24-2)17(21)13-15)19(23)20(11-6-12-20)16-7-4-3-5-8-16/h3-5,7-10,13H,6,11-12,14H2,1-2H3. The minimum absolute atomic E-state index is 0.108. The van der Waals surface area contributed by atoms with Crippen LogP contribution >= 0.6 is 0 Å². The van der Waals surface area contributed by atoms with Crippen LogP contribution in [-0.4, -0.2) is 25.0 Å². The number of halogens is 1. The third-order valence-electron chi connectivity index (χ3n) is 4.93. The van der Waals surface area contributed by atoms with E-state index in [2.05, 4.69) is 0 Å². The second kappa shape index (κ2) is 6.63. The van der Waals surface area contributed by atoms with Gasteiger partial charge in [-0.15, -0.1) is 0 Å². The molecule has 126 valence electrons. The van der Waals surface area contributed by atoms with Gasteiger partial charge in [-0.2, -0.15) is 0 Å². The molecule has 3 nitrogen and oxygen atoms in total. The number of carbonyl (C=O) groups excluding carboxylic acids is 1. The van der Waals surface area contributed by atoms with Gasteiger partial charge in [-0.25, -0.2) is 4.39 Å².